The van der Waals surface area contributed by atoms with E-state index in [0.29, 0.717) is 12.3 Å². The molecule has 0 amide bonds. The largest absolute Gasteiger partial charge is 0.409 e. The van der Waals surface area contributed by atoms with Crippen LogP contribution >= 0.6 is 11.8 Å². The lowest BCUT2D eigenvalue weighted by molar-refractivity contribution is 0.316. The van der Waals surface area contributed by atoms with E-state index >= 15 is 0 Å². The highest BCUT2D eigenvalue weighted by Gasteiger charge is 2.00. The van der Waals surface area contributed by atoms with Gasteiger partial charge >= 0.3 is 0 Å². The lowest BCUT2D eigenvalue weighted by Crippen LogP contribution is -2.10. The molecule has 1 aromatic carbocycles. The molecular formula is C13H17N3OS. The molecule has 0 aliphatic carbocycles. The zero-order valence-corrected chi connectivity index (χ0v) is 10.9. The fourth-order valence-corrected chi connectivity index (χ4v) is 2.73. The van der Waals surface area contributed by atoms with Crippen molar-refractivity contribution in [1.82, 2.24) is 4.98 Å². The maximum absolute atomic E-state index is 8.40. The fraction of sp³-hybridized carbons (Fsp3) is 0.308. The molecule has 0 spiro atoms. The average Bonchev–Trinajstić information content (AvgIpc) is 2.80. The summed E-state index contributed by atoms with van der Waals surface area (Å²) in [5.41, 5.74) is 6.58. The minimum absolute atomic E-state index is 0.311. The van der Waals surface area contributed by atoms with Crippen LogP contribution < -0.4 is 5.73 Å². The highest BCUT2D eigenvalue weighted by molar-refractivity contribution is 7.99. The molecule has 18 heavy (non-hydrogen) atoms. The minimum atomic E-state index is 0.311. The number of hydrogen-bond donors (Lipinski definition) is 3. The van der Waals surface area contributed by atoms with E-state index in [-0.39, 0.29) is 0 Å². The highest BCUT2D eigenvalue weighted by atomic mass is 32.2. The van der Waals surface area contributed by atoms with Gasteiger partial charge < -0.3 is 15.9 Å². The summed E-state index contributed by atoms with van der Waals surface area (Å²) in [6, 6.07) is 10.4. The molecule has 0 aliphatic rings. The summed E-state index contributed by atoms with van der Waals surface area (Å²) < 4.78 is 0. The zero-order valence-electron chi connectivity index (χ0n) is 10.1. The number of para-hydroxylation sites is 1. The molecule has 0 unspecified atom stereocenters. The Morgan fingerprint density at radius 3 is 2.94 bits per heavy atom. The van der Waals surface area contributed by atoms with Crippen LogP contribution in [0.4, 0.5) is 0 Å². The van der Waals surface area contributed by atoms with E-state index in [9.17, 15) is 0 Å². The molecule has 0 saturated heterocycles. The smallest absolute Gasteiger partial charge is 0.139 e. The van der Waals surface area contributed by atoms with E-state index in [2.05, 4.69) is 28.3 Å². The number of fused-ring (bicyclic) bond motifs is 1. The summed E-state index contributed by atoms with van der Waals surface area (Å²) in [6.07, 6.45) is 2.66. The topological polar surface area (TPSA) is 74.4 Å². The van der Waals surface area contributed by atoms with Gasteiger partial charge in [0.2, 0.25) is 0 Å². The number of aromatic nitrogens is 1. The molecular weight excluding hydrogens is 246 g/mol. The second-order valence-electron chi connectivity index (χ2n) is 4.12. The number of hydrogen-bond acceptors (Lipinski definition) is 3. The number of nitrogens with two attached hydrogens (primary N) is 1. The van der Waals surface area contributed by atoms with Crippen molar-refractivity contribution in [3.63, 3.8) is 0 Å². The van der Waals surface area contributed by atoms with Crippen molar-refractivity contribution >= 4 is 28.5 Å². The van der Waals surface area contributed by atoms with Crippen LogP contribution in [0.15, 0.2) is 40.5 Å². The van der Waals surface area contributed by atoms with Crippen LogP contribution in [-0.2, 0) is 0 Å². The van der Waals surface area contributed by atoms with Crippen LogP contribution in [0.5, 0.6) is 0 Å². The van der Waals surface area contributed by atoms with Gasteiger partial charge in [-0.05, 0) is 30.7 Å². The third kappa shape index (κ3) is 3.43. The van der Waals surface area contributed by atoms with Crippen molar-refractivity contribution in [2.45, 2.75) is 24.3 Å². The first-order valence-electron chi connectivity index (χ1n) is 5.96. The third-order valence-corrected chi connectivity index (χ3v) is 3.74. The van der Waals surface area contributed by atoms with Crippen LogP contribution in [0.25, 0.3) is 10.9 Å². The van der Waals surface area contributed by atoms with E-state index in [4.69, 9.17) is 10.9 Å². The molecule has 2 rings (SSSR count). The van der Waals surface area contributed by atoms with Crippen molar-refractivity contribution in [3.05, 3.63) is 30.3 Å². The number of amidine groups is 1. The Labute approximate surface area is 110 Å². The first-order chi connectivity index (χ1) is 8.79. The maximum Gasteiger partial charge on any atom is 0.139 e. The molecule has 1 heterocycles. The van der Waals surface area contributed by atoms with Crippen molar-refractivity contribution in [3.8, 4) is 0 Å². The number of thioether (sulfide) groups is 1. The first kappa shape index (κ1) is 12.8. The van der Waals surface area contributed by atoms with Crippen molar-refractivity contribution in [2.24, 2.45) is 10.9 Å². The number of oxime groups is 1. The lowest BCUT2D eigenvalue weighted by atomic mass is 10.2. The summed E-state index contributed by atoms with van der Waals surface area (Å²) in [5, 5.41) is 13.8. The van der Waals surface area contributed by atoms with Gasteiger partial charge in [-0.25, -0.2) is 0 Å². The SMILES string of the molecule is NC(CCCCSc1cc2ccccc2[nH]1)=NO. The van der Waals surface area contributed by atoms with Gasteiger partial charge in [0.1, 0.15) is 5.84 Å². The molecule has 0 radical (unpaired) electrons. The number of unbranched alkanes of at least 4 members (excludes halogenated alkanes) is 1. The summed E-state index contributed by atoms with van der Waals surface area (Å²) in [5.74, 6) is 1.34. The van der Waals surface area contributed by atoms with Crippen molar-refractivity contribution < 1.29 is 5.21 Å². The van der Waals surface area contributed by atoms with Gasteiger partial charge in [0.25, 0.3) is 0 Å². The molecule has 0 bridgehead atoms. The number of benzene rings is 1. The van der Waals surface area contributed by atoms with Crippen molar-refractivity contribution in [2.75, 3.05) is 5.75 Å². The van der Waals surface area contributed by atoms with Crippen LogP contribution in [0.3, 0.4) is 0 Å². The van der Waals surface area contributed by atoms with Crippen LogP contribution in [0.1, 0.15) is 19.3 Å². The van der Waals surface area contributed by atoms with Crippen LogP contribution in [-0.4, -0.2) is 21.8 Å². The maximum atomic E-state index is 8.40. The van der Waals surface area contributed by atoms with Gasteiger partial charge in [-0.2, -0.15) is 0 Å². The Bertz CT molecular complexity index is 503. The van der Waals surface area contributed by atoms with Gasteiger partial charge in [0, 0.05) is 17.3 Å². The third-order valence-electron chi connectivity index (χ3n) is 2.72. The van der Waals surface area contributed by atoms with E-state index in [0.717, 1.165) is 18.6 Å². The molecule has 2 aromatic rings. The van der Waals surface area contributed by atoms with Crippen LogP contribution in [0.2, 0.25) is 0 Å². The Balaban J connectivity index is 1.76. The predicted octanol–water partition coefficient (Wildman–Crippen LogP) is 3.18. The number of aromatic amines is 1. The minimum Gasteiger partial charge on any atom is -0.409 e. The van der Waals surface area contributed by atoms with E-state index in [1.807, 2.05) is 12.1 Å². The fourth-order valence-electron chi connectivity index (χ4n) is 1.76. The lowest BCUT2D eigenvalue weighted by Gasteiger charge is -1.99. The van der Waals surface area contributed by atoms with E-state index in [1.165, 1.54) is 15.9 Å². The van der Waals surface area contributed by atoms with Gasteiger partial charge in [0.15, 0.2) is 0 Å². The predicted molar refractivity (Wildman–Crippen MR) is 76.3 cm³/mol. The summed E-state index contributed by atoms with van der Waals surface area (Å²) >= 11 is 1.81. The van der Waals surface area contributed by atoms with Gasteiger partial charge in [0.05, 0.1) is 5.03 Å². The Morgan fingerprint density at radius 1 is 1.33 bits per heavy atom. The normalized spacial score (nSPS) is 12.1. The first-order valence-corrected chi connectivity index (χ1v) is 6.95. The Hall–Kier alpha value is -1.62. The summed E-state index contributed by atoms with van der Waals surface area (Å²) in [6.45, 7) is 0. The molecule has 4 N–H and O–H groups in total. The second-order valence-corrected chi connectivity index (χ2v) is 5.25. The Morgan fingerprint density at radius 2 is 2.17 bits per heavy atom. The molecule has 5 heteroatoms. The van der Waals surface area contributed by atoms with Gasteiger partial charge in [-0.15, -0.1) is 11.8 Å². The van der Waals surface area contributed by atoms with Gasteiger partial charge in [-0.1, -0.05) is 23.4 Å². The van der Waals surface area contributed by atoms with E-state index < -0.39 is 0 Å². The molecule has 96 valence electrons. The number of nitrogens with zero attached hydrogens (tertiary/aromatic N) is 1. The molecule has 0 fully saturated rings. The Kier molecular flexibility index (Phi) is 4.52. The van der Waals surface area contributed by atoms with Crippen molar-refractivity contribution in [1.29, 1.82) is 0 Å². The zero-order chi connectivity index (χ0) is 12.8. The second kappa shape index (κ2) is 6.35. The molecule has 0 atom stereocenters. The van der Waals surface area contributed by atoms with E-state index in [1.54, 1.807) is 11.8 Å². The summed E-state index contributed by atoms with van der Waals surface area (Å²) in [7, 11) is 0. The number of nitrogens with one attached hydrogen (secondary N) is 1. The highest BCUT2D eigenvalue weighted by Crippen LogP contribution is 2.23. The standard InChI is InChI=1S/C13H17N3OS/c14-12(16-17)7-3-4-8-18-13-9-10-5-1-2-6-11(10)15-13/h1-2,5-6,9,15,17H,3-4,7-8H2,(H2,14,16). The van der Waals surface area contributed by atoms with Gasteiger partial charge in [-0.3, -0.25) is 0 Å². The monoisotopic (exact) mass is 263 g/mol. The summed E-state index contributed by atoms with van der Waals surface area (Å²) in [4.78, 5) is 3.38. The average molecular weight is 263 g/mol. The number of rotatable bonds is 6. The quantitative estimate of drug-likeness (QED) is 0.187. The molecule has 1 aromatic heterocycles. The molecule has 0 saturated carbocycles. The molecule has 0 aliphatic heterocycles. The van der Waals surface area contributed by atoms with Crippen LogP contribution in [0, 0.1) is 0 Å². The number of H-pyrrole nitrogens is 1. The molecule has 4 nitrogen and oxygen atoms in total.